The topological polar surface area (TPSA) is 90.7 Å². The molecule has 0 aliphatic carbocycles. The van der Waals surface area contributed by atoms with Crippen LogP contribution in [0, 0.1) is 10.1 Å². The van der Waals surface area contributed by atoms with E-state index in [1.54, 1.807) is 7.11 Å². The standard InChI is InChI=1S/C8H5NO4.C5H11NOS/c10-8-6-3-1-5(2-4-6)7(13-8)9(11)12;1-7-4-2-6-3-5(4)8/h1-4,7H;4-6,8H,2-3H2,1H3. The molecule has 2 bridgehead atoms. The van der Waals surface area contributed by atoms with Crippen LogP contribution < -0.4 is 5.32 Å². The highest BCUT2D eigenvalue weighted by Crippen LogP contribution is 2.24. The number of nitro groups is 1. The van der Waals surface area contributed by atoms with Crippen molar-refractivity contribution in [2.75, 3.05) is 20.2 Å². The highest BCUT2D eigenvalue weighted by atomic mass is 32.1. The number of methoxy groups -OCH3 is 1. The van der Waals surface area contributed by atoms with Crippen LogP contribution in [0.2, 0.25) is 0 Å². The van der Waals surface area contributed by atoms with E-state index in [1.165, 1.54) is 24.3 Å². The lowest BCUT2D eigenvalue weighted by molar-refractivity contribution is -0.574. The first-order valence-electron chi connectivity index (χ1n) is 6.39. The molecule has 3 aliphatic heterocycles. The third-order valence-corrected chi connectivity index (χ3v) is 3.79. The van der Waals surface area contributed by atoms with Gasteiger partial charge in [0, 0.05) is 25.4 Å². The number of nitrogens with one attached hydrogen (secondary N) is 1. The molecule has 1 fully saturated rings. The zero-order valence-electron chi connectivity index (χ0n) is 11.4. The van der Waals surface area contributed by atoms with E-state index in [4.69, 9.17) is 4.74 Å². The first kappa shape index (κ1) is 15.7. The van der Waals surface area contributed by atoms with Gasteiger partial charge in [-0.15, -0.1) is 0 Å². The third kappa shape index (κ3) is 3.72. The average Bonchev–Trinajstić information content (AvgIpc) is 2.75. The van der Waals surface area contributed by atoms with E-state index in [0.29, 0.717) is 22.5 Å². The summed E-state index contributed by atoms with van der Waals surface area (Å²) in [6.07, 6.45) is -1.04. The minimum absolute atomic E-state index is 0.318. The Morgan fingerprint density at radius 3 is 2.48 bits per heavy atom. The lowest BCUT2D eigenvalue weighted by Gasteiger charge is -2.09. The fourth-order valence-electron chi connectivity index (χ4n) is 2.07. The van der Waals surface area contributed by atoms with E-state index in [1.807, 2.05) is 0 Å². The molecule has 0 amide bonds. The summed E-state index contributed by atoms with van der Waals surface area (Å²) in [4.78, 5) is 20.9. The number of thiol groups is 1. The molecule has 3 heterocycles. The summed E-state index contributed by atoms with van der Waals surface area (Å²) in [7, 11) is 1.72. The molecule has 0 aromatic heterocycles. The largest absolute Gasteiger partial charge is 0.390 e. The van der Waals surface area contributed by atoms with Crippen LogP contribution in [0.25, 0.3) is 0 Å². The number of hydrogen-bond acceptors (Lipinski definition) is 7. The first-order valence-corrected chi connectivity index (χ1v) is 6.90. The smallest absolute Gasteiger partial charge is 0.383 e. The van der Waals surface area contributed by atoms with Gasteiger partial charge in [0.1, 0.15) is 0 Å². The van der Waals surface area contributed by atoms with E-state index in [2.05, 4.69) is 22.7 Å². The Kier molecular flexibility index (Phi) is 5.16. The van der Waals surface area contributed by atoms with Crippen LogP contribution in [0.4, 0.5) is 0 Å². The molecule has 1 saturated heterocycles. The summed E-state index contributed by atoms with van der Waals surface area (Å²) in [5.41, 5.74) is 0.729. The van der Waals surface area contributed by atoms with Crippen molar-refractivity contribution < 1.29 is 19.2 Å². The molecule has 1 aromatic rings. The van der Waals surface area contributed by atoms with Crippen LogP contribution in [0.5, 0.6) is 0 Å². The van der Waals surface area contributed by atoms with E-state index in [0.717, 1.165) is 13.1 Å². The number of fused-ring (bicyclic) bond motifs is 4. The number of rotatable bonds is 2. The Labute approximate surface area is 127 Å². The molecular formula is C13H16N2O5S. The van der Waals surface area contributed by atoms with Crippen molar-refractivity contribution in [3.8, 4) is 0 Å². The quantitative estimate of drug-likeness (QED) is 0.367. The molecule has 21 heavy (non-hydrogen) atoms. The van der Waals surface area contributed by atoms with Gasteiger partial charge in [0.2, 0.25) is 0 Å². The molecule has 0 radical (unpaired) electrons. The van der Waals surface area contributed by atoms with Gasteiger partial charge < -0.3 is 14.8 Å². The number of nitrogens with zero attached hydrogens (tertiary/aromatic N) is 1. The monoisotopic (exact) mass is 312 g/mol. The Morgan fingerprint density at radius 2 is 2.05 bits per heavy atom. The second-order valence-electron chi connectivity index (χ2n) is 4.66. The number of benzene rings is 1. The highest BCUT2D eigenvalue weighted by Gasteiger charge is 2.31. The van der Waals surface area contributed by atoms with E-state index in [9.17, 15) is 14.9 Å². The number of carbonyl (C=O) groups is 1. The summed E-state index contributed by atoms with van der Waals surface area (Å²) in [5.74, 6) is -0.651. The number of ether oxygens (including phenoxy) is 2. The van der Waals surface area contributed by atoms with Crippen LogP contribution in [0.1, 0.15) is 22.1 Å². The van der Waals surface area contributed by atoms with Crippen molar-refractivity contribution in [2.45, 2.75) is 17.6 Å². The zero-order valence-corrected chi connectivity index (χ0v) is 12.3. The van der Waals surface area contributed by atoms with Crippen LogP contribution in [-0.2, 0) is 9.47 Å². The normalized spacial score (nSPS) is 26.6. The van der Waals surface area contributed by atoms with E-state index < -0.39 is 17.1 Å². The SMILES string of the molecule is COC1CNCC1S.O=C1OC([N+](=O)[O-])c2ccc1cc2. The number of hydrogen-bond donors (Lipinski definition) is 2. The lowest BCUT2D eigenvalue weighted by Crippen LogP contribution is -2.20. The Morgan fingerprint density at radius 1 is 1.38 bits per heavy atom. The zero-order chi connectivity index (χ0) is 15.4. The molecule has 0 saturated carbocycles. The van der Waals surface area contributed by atoms with Crippen molar-refractivity contribution >= 4 is 18.6 Å². The van der Waals surface area contributed by atoms with Gasteiger partial charge in [-0.25, -0.2) is 4.79 Å². The second-order valence-corrected chi connectivity index (χ2v) is 5.33. The molecule has 4 rings (SSSR count). The molecule has 0 spiro atoms. The number of carbonyl (C=O) groups excluding carboxylic acids is 1. The summed E-state index contributed by atoms with van der Waals surface area (Å²) in [5, 5.41) is 14.0. The maximum absolute atomic E-state index is 11.1. The van der Waals surface area contributed by atoms with Gasteiger partial charge in [0.15, 0.2) is 0 Å². The van der Waals surface area contributed by atoms with Gasteiger partial charge in [-0.05, 0) is 24.3 Å². The average molecular weight is 312 g/mol. The lowest BCUT2D eigenvalue weighted by atomic mass is 10.1. The van der Waals surface area contributed by atoms with Gasteiger partial charge in [0.05, 0.1) is 22.2 Å². The van der Waals surface area contributed by atoms with Crippen LogP contribution in [-0.4, -0.2) is 42.4 Å². The Bertz CT molecular complexity index is 522. The van der Waals surface area contributed by atoms with Crippen molar-refractivity contribution in [2.24, 2.45) is 0 Å². The summed E-state index contributed by atoms with van der Waals surface area (Å²) < 4.78 is 9.71. The molecule has 3 unspecified atom stereocenters. The molecule has 1 aromatic carbocycles. The van der Waals surface area contributed by atoms with Gasteiger partial charge in [-0.2, -0.15) is 12.6 Å². The maximum atomic E-state index is 11.1. The van der Waals surface area contributed by atoms with E-state index in [-0.39, 0.29) is 0 Å². The first-order chi connectivity index (χ1) is 10.0. The van der Waals surface area contributed by atoms with Gasteiger partial charge in [-0.3, -0.25) is 10.1 Å². The highest BCUT2D eigenvalue weighted by molar-refractivity contribution is 7.81. The minimum Gasteiger partial charge on any atom is -0.390 e. The molecule has 114 valence electrons. The fraction of sp³-hybridized carbons (Fsp3) is 0.462. The van der Waals surface area contributed by atoms with Crippen molar-refractivity contribution in [1.82, 2.24) is 5.32 Å². The minimum atomic E-state index is -1.36. The van der Waals surface area contributed by atoms with Gasteiger partial charge in [-0.1, -0.05) is 0 Å². The molecule has 7 nitrogen and oxygen atoms in total. The van der Waals surface area contributed by atoms with Gasteiger partial charge >= 0.3 is 12.2 Å². The van der Waals surface area contributed by atoms with Crippen molar-refractivity contribution in [3.63, 3.8) is 0 Å². The summed E-state index contributed by atoms with van der Waals surface area (Å²) >= 11 is 4.28. The van der Waals surface area contributed by atoms with Crippen molar-refractivity contribution in [1.29, 1.82) is 0 Å². The molecule has 3 aliphatic rings. The predicted octanol–water partition coefficient (Wildman–Crippen LogP) is 1.04. The van der Waals surface area contributed by atoms with Crippen molar-refractivity contribution in [3.05, 3.63) is 45.5 Å². The molecule has 1 N–H and O–H groups in total. The van der Waals surface area contributed by atoms with E-state index >= 15 is 0 Å². The Hall–Kier alpha value is -1.64. The van der Waals surface area contributed by atoms with Crippen LogP contribution >= 0.6 is 12.6 Å². The predicted molar refractivity (Wildman–Crippen MR) is 78.0 cm³/mol. The molecular weight excluding hydrogens is 296 g/mol. The second kappa shape index (κ2) is 6.88. The Balaban J connectivity index is 0.000000173. The summed E-state index contributed by atoms with van der Waals surface area (Å²) in [6.45, 7) is 1.92. The van der Waals surface area contributed by atoms with Gasteiger partial charge in [0.25, 0.3) is 0 Å². The maximum Gasteiger partial charge on any atom is 0.383 e. The third-order valence-electron chi connectivity index (χ3n) is 3.27. The van der Waals surface area contributed by atoms with Crippen LogP contribution in [0.3, 0.4) is 0 Å². The molecule has 8 heteroatoms. The fourth-order valence-corrected chi connectivity index (χ4v) is 2.42. The number of esters is 1. The van der Waals surface area contributed by atoms with Crippen LogP contribution in [0.15, 0.2) is 24.3 Å². The summed E-state index contributed by atoms with van der Waals surface area (Å²) in [6, 6.07) is 6.07. The molecule has 3 atom stereocenters.